The Morgan fingerprint density at radius 1 is 1.20 bits per heavy atom. The fourth-order valence-corrected chi connectivity index (χ4v) is 2.58. The number of carbonyl (C=O) groups excluding carboxylic acids is 1. The molecule has 0 heterocycles. The van der Waals surface area contributed by atoms with Gasteiger partial charge in [-0.05, 0) is 49.2 Å². The Morgan fingerprint density at radius 3 is 2.68 bits per heavy atom. The summed E-state index contributed by atoms with van der Waals surface area (Å²) in [5.74, 6) is 1.33. The number of amides is 2. The molecule has 134 valence electrons. The molecule has 25 heavy (non-hydrogen) atoms. The van der Waals surface area contributed by atoms with E-state index in [1.807, 2.05) is 50.2 Å². The fourth-order valence-electron chi connectivity index (χ4n) is 2.39. The summed E-state index contributed by atoms with van der Waals surface area (Å²) in [6, 6.07) is 12.6. The predicted octanol–water partition coefficient (Wildman–Crippen LogP) is 4.31. The van der Waals surface area contributed by atoms with Crippen molar-refractivity contribution in [2.24, 2.45) is 0 Å². The number of nitrogens with one attached hydrogen (secondary N) is 2. The first kappa shape index (κ1) is 18.9. The first-order valence-corrected chi connectivity index (χ1v) is 8.50. The second-order valence-corrected chi connectivity index (χ2v) is 5.96. The van der Waals surface area contributed by atoms with E-state index in [1.165, 1.54) is 0 Å². The van der Waals surface area contributed by atoms with Crippen molar-refractivity contribution in [3.05, 3.63) is 58.6 Å². The van der Waals surface area contributed by atoms with Crippen molar-refractivity contribution in [3.63, 3.8) is 0 Å². The highest BCUT2D eigenvalue weighted by Gasteiger charge is 2.10. The van der Waals surface area contributed by atoms with Crippen LogP contribution in [0, 0.1) is 0 Å². The zero-order chi connectivity index (χ0) is 18.2. The number of hydrogen-bond donors (Lipinski definition) is 2. The minimum absolute atomic E-state index is 0.145. The van der Waals surface area contributed by atoms with Gasteiger partial charge in [0.25, 0.3) is 0 Å². The van der Waals surface area contributed by atoms with Crippen LogP contribution >= 0.6 is 11.6 Å². The van der Waals surface area contributed by atoms with Crippen LogP contribution < -0.4 is 20.1 Å². The lowest BCUT2D eigenvalue weighted by molar-refractivity contribution is 0.237. The second-order valence-electron chi connectivity index (χ2n) is 5.52. The minimum Gasteiger partial charge on any atom is -0.493 e. The van der Waals surface area contributed by atoms with Gasteiger partial charge in [-0.3, -0.25) is 0 Å². The van der Waals surface area contributed by atoms with Gasteiger partial charge >= 0.3 is 6.03 Å². The molecule has 6 heteroatoms. The molecule has 2 aromatic carbocycles. The summed E-state index contributed by atoms with van der Waals surface area (Å²) in [5.41, 5.74) is 1.87. The highest BCUT2D eigenvalue weighted by Crippen LogP contribution is 2.28. The lowest BCUT2D eigenvalue weighted by Crippen LogP contribution is -2.36. The van der Waals surface area contributed by atoms with Gasteiger partial charge in [-0.25, -0.2) is 4.79 Å². The molecule has 2 N–H and O–H groups in total. The summed E-state index contributed by atoms with van der Waals surface area (Å²) in [5, 5.41) is 6.37. The number of benzene rings is 2. The molecule has 2 amide bonds. The summed E-state index contributed by atoms with van der Waals surface area (Å²) in [7, 11) is 1.59. The molecule has 0 aromatic heterocycles. The van der Waals surface area contributed by atoms with Crippen LogP contribution in [-0.2, 0) is 6.54 Å². The van der Waals surface area contributed by atoms with Gasteiger partial charge in [0.05, 0.1) is 19.8 Å². The van der Waals surface area contributed by atoms with Crippen molar-refractivity contribution in [1.29, 1.82) is 0 Å². The van der Waals surface area contributed by atoms with Gasteiger partial charge in [0.1, 0.15) is 0 Å². The maximum Gasteiger partial charge on any atom is 0.315 e. The Morgan fingerprint density at radius 2 is 2.00 bits per heavy atom. The standard InChI is InChI=1S/C19H23ClN2O3/c1-4-25-17-9-8-14(10-18(17)24-3)12-21-19(23)22-13(2)15-6-5-7-16(20)11-15/h5-11,13H,4,12H2,1-3H3,(H2,21,22,23). The van der Waals surface area contributed by atoms with Crippen molar-refractivity contribution in [2.45, 2.75) is 26.4 Å². The Labute approximate surface area is 153 Å². The molecule has 2 aromatic rings. The van der Waals surface area contributed by atoms with E-state index in [1.54, 1.807) is 13.2 Å². The number of hydrogen-bond acceptors (Lipinski definition) is 3. The SMILES string of the molecule is CCOc1ccc(CNC(=O)NC(C)c2cccc(Cl)c2)cc1OC. The van der Waals surface area contributed by atoms with Crippen molar-refractivity contribution in [2.75, 3.05) is 13.7 Å². The van der Waals surface area contributed by atoms with Gasteiger partial charge in [0, 0.05) is 11.6 Å². The molecule has 0 saturated heterocycles. The summed E-state index contributed by atoms with van der Waals surface area (Å²) in [6.45, 7) is 4.78. The molecule has 1 unspecified atom stereocenters. The van der Waals surface area contributed by atoms with Crippen LogP contribution in [-0.4, -0.2) is 19.7 Å². The number of urea groups is 1. The topological polar surface area (TPSA) is 59.6 Å². The minimum atomic E-state index is -0.250. The number of halogens is 1. The highest BCUT2D eigenvalue weighted by atomic mass is 35.5. The van der Waals surface area contributed by atoms with Gasteiger partial charge in [0.15, 0.2) is 11.5 Å². The lowest BCUT2D eigenvalue weighted by Gasteiger charge is -2.16. The molecule has 0 aliphatic carbocycles. The number of methoxy groups -OCH3 is 1. The first-order chi connectivity index (χ1) is 12.0. The van der Waals surface area contributed by atoms with E-state index in [-0.39, 0.29) is 12.1 Å². The van der Waals surface area contributed by atoms with E-state index in [0.29, 0.717) is 29.7 Å². The van der Waals surface area contributed by atoms with Crippen LogP contribution in [0.4, 0.5) is 4.79 Å². The molecule has 0 spiro atoms. The molecule has 1 atom stereocenters. The summed E-state index contributed by atoms with van der Waals surface area (Å²) < 4.78 is 10.8. The lowest BCUT2D eigenvalue weighted by atomic mass is 10.1. The smallest absolute Gasteiger partial charge is 0.315 e. The molecule has 0 aliphatic rings. The molecular weight excluding hydrogens is 340 g/mol. The van der Waals surface area contributed by atoms with E-state index < -0.39 is 0 Å². The monoisotopic (exact) mass is 362 g/mol. The van der Waals surface area contributed by atoms with Gasteiger partial charge in [-0.15, -0.1) is 0 Å². The number of ether oxygens (including phenoxy) is 2. The number of rotatable bonds is 7. The zero-order valence-corrected chi connectivity index (χ0v) is 15.4. The number of carbonyl (C=O) groups is 1. The molecule has 5 nitrogen and oxygen atoms in total. The molecule has 0 aliphatic heterocycles. The third kappa shape index (κ3) is 5.57. The Balaban J connectivity index is 1.91. The van der Waals surface area contributed by atoms with Gasteiger partial charge < -0.3 is 20.1 Å². The van der Waals surface area contributed by atoms with E-state index >= 15 is 0 Å². The second kappa shape index (κ2) is 9.18. The first-order valence-electron chi connectivity index (χ1n) is 8.13. The van der Waals surface area contributed by atoms with Gasteiger partial charge in [-0.2, -0.15) is 0 Å². The van der Waals surface area contributed by atoms with E-state index in [9.17, 15) is 4.79 Å². The summed E-state index contributed by atoms with van der Waals surface area (Å²) in [4.78, 5) is 12.1. The fraction of sp³-hybridized carbons (Fsp3) is 0.316. The van der Waals surface area contributed by atoms with E-state index in [4.69, 9.17) is 21.1 Å². The maximum atomic E-state index is 12.1. The molecule has 0 saturated carbocycles. The average Bonchev–Trinajstić information content (AvgIpc) is 2.61. The Kier molecular flexibility index (Phi) is 6.95. The van der Waals surface area contributed by atoms with Crippen LogP contribution in [0.1, 0.15) is 31.0 Å². The van der Waals surface area contributed by atoms with Crippen LogP contribution in [0.15, 0.2) is 42.5 Å². The Hall–Kier alpha value is -2.40. The molecule has 0 bridgehead atoms. The third-order valence-electron chi connectivity index (χ3n) is 3.68. The predicted molar refractivity (Wildman–Crippen MR) is 99.4 cm³/mol. The molecule has 0 fully saturated rings. The van der Waals surface area contributed by atoms with Crippen LogP contribution in [0.5, 0.6) is 11.5 Å². The summed E-state index contributed by atoms with van der Waals surface area (Å²) in [6.07, 6.45) is 0. The van der Waals surface area contributed by atoms with Crippen molar-refractivity contribution in [3.8, 4) is 11.5 Å². The summed E-state index contributed by atoms with van der Waals surface area (Å²) >= 11 is 5.98. The normalized spacial score (nSPS) is 11.5. The van der Waals surface area contributed by atoms with Crippen molar-refractivity contribution >= 4 is 17.6 Å². The largest absolute Gasteiger partial charge is 0.493 e. The van der Waals surface area contributed by atoms with Crippen LogP contribution in [0.2, 0.25) is 5.02 Å². The van der Waals surface area contributed by atoms with Crippen LogP contribution in [0.3, 0.4) is 0 Å². The molecular formula is C19H23ClN2O3. The van der Waals surface area contributed by atoms with Crippen molar-refractivity contribution in [1.82, 2.24) is 10.6 Å². The van der Waals surface area contributed by atoms with E-state index in [2.05, 4.69) is 10.6 Å². The highest BCUT2D eigenvalue weighted by molar-refractivity contribution is 6.30. The van der Waals surface area contributed by atoms with Gasteiger partial charge in [0.2, 0.25) is 0 Å². The van der Waals surface area contributed by atoms with Gasteiger partial charge in [-0.1, -0.05) is 29.8 Å². The Bertz CT molecular complexity index is 722. The zero-order valence-electron chi connectivity index (χ0n) is 14.6. The third-order valence-corrected chi connectivity index (χ3v) is 3.91. The molecule has 0 radical (unpaired) electrons. The average molecular weight is 363 g/mol. The quantitative estimate of drug-likeness (QED) is 0.771. The van der Waals surface area contributed by atoms with Crippen LogP contribution in [0.25, 0.3) is 0 Å². The maximum absolute atomic E-state index is 12.1. The van der Waals surface area contributed by atoms with E-state index in [0.717, 1.165) is 11.1 Å². The molecule has 2 rings (SSSR count). The van der Waals surface area contributed by atoms with Crippen molar-refractivity contribution < 1.29 is 14.3 Å².